The van der Waals surface area contributed by atoms with Gasteiger partial charge in [0.2, 0.25) is 0 Å². The molecule has 0 amide bonds. The molecule has 2 aliphatic carbocycles. The molecule has 192 valence electrons. The summed E-state index contributed by atoms with van der Waals surface area (Å²) < 4.78 is 4.29. The van der Waals surface area contributed by atoms with Gasteiger partial charge in [-0.3, -0.25) is 0 Å². The van der Waals surface area contributed by atoms with Crippen LogP contribution in [0.2, 0.25) is 0 Å². The fourth-order valence-electron chi connectivity index (χ4n) is 5.98. The van der Waals surface area contributed by atoms with Gasteiger partial charge in [0.1, 0.15) is 0 Å². The monoisotopic (exact) mass is 558 g/mol. The van der Waals surface area contributed by atoms with Crippen LogP contribution in [0.15, 0.2) is 57.4 Å². The van der Waals surface area contributed by atoms with E-state index in [2.05, 4.69) is 125 Å². The molecule has 0 fully saturated rings. The van der Waals surface area contributed by atoms with Crippen molar-refractivity contribution < 1.29 is 21.3 Å². The van der Waals surface area contributed by atoms with Gasteiger partial charge >= 0.3 is 231 Å². The van der Waals surface area contributed by atoms with E-state index in [9.17, 15) is 0 Å². The molecular weight excluding hydrogens is 512 g/mol. The first-order valence-electron chi connectivity index (χ1n) is 14.1. The predicted octanol–water partition coefficient (Wildman–Crippen LogP) is 10.2. The van der Waals surface area contributed by atoms with Crippen LogP contribution in [-0.4, -0.2) is 3.21 Å². The summed E-state index contributed by atoms with van der Waals surface area (Å²) >= 11 is -2.21. The van der Waals surface area contributed by atoms with Crippen molar-refractivity contribution in [3.63, 3.8) is 0 Å². The van der Waals surface area contributed by atoms with E-state index in [1.165, 1.54) is 41.5 Å². The molecule has 0 N–H and O–H groups in total. The number of hydrogen-bond acceptors (Lipinski definition) is 0. The normalized spacial score (nSPS) is 16.0. The number of benzene rings is 2. The molecule has 0 bridgehead atoms. The fraction of sp³-hybridized carbons (Fsp3) is 0.514. The zero-order valence-electron chi connectivity index (χ0n) is 24.8. The summed E-state index contributed by atoms with van der Waals surface area (Å²) in [7, 11) is 0. The molecule has 0 nitrogen and oxygen atoms in total. The van der Waals surface area contributed by atoms with Crippen LogP contribution >= 0.6 is 0 Å². The Hall–Kier alpha value is -1.33. The van der Waals surface area contributed by atoms with Gasteiger partial charge in [0, 0.05) is 0 Å². The van der Waals surface area contributed by atoms with Gasteiger partial charge in [-0.1, -0.05) is 0 Å². The molecule has 0 radical (unpaired) electrons. The van der Waals surface area contributed by atoms with E-state index < -0.39 is 21.3 Å². The van der Waals surface area contributed by atoms with Gasteiger partial charge in [-0.2, -0.15) is 0 Å². The Kier molecular flexibility index (Phi) is 7.51. The maximum absolute atomic E-state index is 2.64. The zero-order valence-corrected chi connectivity index (χ0v) is 27.3. The zero-order chi connectivity index (χ0) is 26.6. The van der Waals surface area contributed by atoms with Crippen molar-refractivity contribution in [3.05, 3.63) is 79.7 Å². The van der Waals surface area contributed by atoms with Gasteiger partial charge in [-0.05, 0) is 0 Å². The van der Waals surface area contributed by atoms with E-state index in [0.29, 0.717) is 3.63 Å². The van der Waals surface area contributed by atoms with Crippen molar-refractivity contribution in [3.8, 4) is 11.1 Å². The molecule has 2 aromatic rings. The summed E-state index contributed by atoms with van der Waals surface area (Å²) in [4.78, 5) is 0. The molecule has 0 unspecified atom stereocenters. The van der Waals surface area contributed by atoms with E-state index in [0.717, 1.165) is 0 Å². The Labute approximate surface area is 229 Å². The first-order valence-corrected chi connectivity index (χ1v) is 18.0. The molecule has 0 saturated carbocycles. The average molecular weight is 560 g/mol. The van der Waals surface area contributed by atoms with Gasteiger partial charge in [0.25, 0.3) is 0 Å². The number of fused-ring (bicyclic) bond motifs is 3. The standard InChI is InChI=1S/C21H25.C9H13.C5H10.Zr/c1-20(2,3)16-9-7-14-11-15-8-10-17(21(4,5)6)13-19(15)18(14)12-16;1-9(2,3)8-6-4-5-7-8;1-3-5-4-2;/h7-13H,1-6H3;6-7H,4H2,1-3H3;3-4H2,1-2H3;. The molecule has 2 aromatic carbocycles. The van der Waals surface area contributed by atoms with Crippen molar-refractivity contribution in [1.82, 2.24) is 0 Å². The average Bonchev–Trinajstić information content (AvgIpc) is 3.39. The Morgan fingerprint density at radius 3 is 1.56 bits per heavy atom. The third kappa shape index (κ3) is 5.16. The molecular formula is C35H48Zr. The molecule has 0 atom stereocenters. The Morgan fingerprint density at radius 2 is 1.19 bits per heavy atom. The third-order valence-electron chi connectivity index (χ3n) is 8.36. The van der Waals surface area contributed by atoms with Gasteiger partial charge in [0.15, 0.2) is 0 Å². The second-order valence-corrected chi connectivity index (χ2v) is 20.8. The second-order valence-electron chi connectivity index (χ2n) is 14.0. The van der Waals surface area contributed by atoms with Crippen LogP contribution in [0.25, 0.3) is 11.1 Å². The topological polar surface area (TPSA) is 0 Å². The van der Waals surface area contributed by atoms with Crippen LogP contribution in [0.4, 0.5) is 0 Å². The maximum atomic E-state index is 2.64. The van der Waals surface area contributed by atoms with E-state index in [-0.39, 0.29) is 16.2 Å². The number of hydrogen-bond donors (Lipinski definition) is 0. The summed E-state index contributed by atoms with van der Waals surface area (Å²) in [5, 5.41) is 0. The minimum atomic E-state index is -2.21. The molecule has 0 saturated heterocycles. The van der Waals surface area contributed by atoms with Crippen molar-refractivity contribution in [2.24, 2.45) is 5.41 Å². The SMILES string of the molecule is CC[C](CC)=[Zr]([C]1=CC(C(C)(C)C)=CC1)[CH]1c2ccc(C(C)(C)C)cc2-c2cc(C(C)(C)C)ccc21. The Balaban J connectivity index is 1.99. The van der Waals surface area contributed by atoms with Crippen LogP contribution in [0, 0.1) is 5.41 Å². The Morgan fingerprint density at radius 1 is 0.722 bits per heavy atom. The van der Waals surface area contributed by atoms with Gasteiger partial charge in [-0.25, -0.2) is 0 Å². The molecule has 1 heteroatoms. The van der Waals surface area contributed by atoms with Gasteiger partial charge in [0.05, 0.1) is 0 Å². The molecule has 0 aromatic heterocycles. The second kappa shape index (κ2) is 9.76. The first kappa shape index (κ1) is 27.7. The minimum absolute atomic E-state index is 0.153. The molecule has 2 aliphatic rings. The van der Waals surface area contributed by atoms with Crippen molar-refractivity contribution in [1.29, 1.82) is 0 Å². The number of allylic oxidation sites excluding steroid dienone is 4. The molecule has 0 heterocycles. The fourth-order valence-corrected chi connectivity index (χ4v) is 15.2. The number of rotatable bonds is 4. The summed E-state index contributed by atoms with van der Waals surface area (Å²) in [6, 6.07) is 15.0. The predicted molar refractivity (Wildman–Crippen MR) is 157 cm³/mol. The van der Waals surface area contributed by atoms with E-state index in [4.69, 9.17) is 0 Å². The summed E-state index contributed by atoms with van der Waals surface area (Å²) in [5.41, 5.74) is 11.2. The van der Waals surface area contributed by atoms with Gasteiger partial charge < -0.3 is 0 Å². The van der Waals surface area contributed by atoms with Crippen LogP contribution < -0.4 is 0 Å². The van der Waals surface area contributed by atoms with Crippen molar-refractivity contribution in [2.45, 2.75) is 110 Å². The third-order valence-corrected chi connectivity index (χ3v) is 17.5. The van der Waals surface area contributed by atoms with Crippen LogP contribution in [0.1, 0.15) is 121 Å². The molecule has 4 rings (SSSR count). The van der Waals surface area contributed by atoms with Crippen LogP contribution in [0.5, 0.6) is 0 Å². The molecule has 36 heavy (non-hydrogen) atoms. The first-order chi connectivity index (χ1) is 16.7. The summed E-state index contributed by atoms with van der Waals surface area (Å²) in [6.07, 6.45) is 8.82. The van der Waals surface area contributed by atoms with Gasteiger partial charge in [-0.15, -0.1) is 0 Å². The van der Waals surface area contributed by atoms with Crippen LogP contribution in [0.3, 0.4) is 0 Å². The quantitative estimate of drug-likeness (QED) is 0.349. The van der Waals surface area contributed by atoms with E-state index in [1.54, 1.807) is 16.7 Å². The van der Waals surface area contributed by atoms with Crippen molar-refractivity contribution in [2.75, 3.05) is 0 Å². The van der Waals surface area contributed by atoms with E-state index in [1.807, 2.05) is 6.49 Å². The van der Waals surface area contributed by atoms with E-state index >= 15 is 0 Å². The van der Waals surface area contributed by atoms with Crippen molar-refractivity contribution >= 4 is 3.21 Å². The molecule has 0 aliphatic heterocycles. The summed E-state index contributed by atoms with van der Waals surface area (Å²) in [6.45, 7) is 26.0. The summed E-state index contributed by atoms with van der Waals surface area (Å²) in [5.74, 6) is 0. The molecule has 0 spiro atoms. The van der Waals surface area contributed by atoms with Crippen LogP contribution in [-0.2, 0) is 32.1 Å². The Bertz CT molecular complexity index is 1190.